The summed E-state index contributed by atoms with van der Waals surface area (Å²) in [6.45, 7) is 7.16. The van der Waals surface area contributed by atoms with E-state index in [-0.39, 0.29) is 5.41 Å². The second-order valence-corrected chi connectivity index (χ2v) is 9.17. The number of pyridine rings is 1. The van der Waals surface area contributed by atoms with Gasteiger partial charge in [0.2, 0.25) is 0 Å². The Morgan fingerprint density at radius 2 is 1.81 bits per heavy atom. The van der Waals surface area contributed by atoms with Crippen LogP contribution in [0.25, 0.3) is 17.2 Å². The van der Waals surface area contributed by atoms with Crippen LogP contribution in [0.5, 0.6) is 11.5 Å². The third-order valence-corrected chi connectivity index (χ3v) is 5.67. The zero-order chi connectivity index (χ0) is 21.6. The van der Waals surface area contributed by atoms with Crippen molar-refractivity contribution in [2.45, 2.75) is 26.2 Å². The molecule has 4 heterocycles. The number of ether oxygens (including phenoxy) is 1. The Balaban J connectivity index is 1.67. The lowest BCUT2D eigenvalue weighted by atomic mass is 9.72. The molecule has 5 rings (SSSR count). The summed E-state index contributed by atoms with van der Waals surface area (Å²) in [5.74, 6) is 2.22. The summed E-state index contributed by atoms with van der Waals surface area (Å²) in [5, 5.41) is 3.32. The first-order valence-electron chi connectivity index (χ1n) is 10.3. The average molecular weight is 412 g/mol. The van der Waals surface area contributed by atoms with Gasteiger partial charge in [0.1, 0.15) is 17.8 Å². The molecule has 2 aromatic heterocycles. The van der Waals surface area contributed by atoms with E-state index in [1.807, 2.05) is 30.7 Å². The number of fused-ring (bicyclic) bond motifs is 4. The molecule has 2 aliphatic rings. The Morgan fingerprint density at radius 3 is 2.52 bits per heavy atom. The van der Waals surface area contributed by atoms with Crippen LogP contribution in [0.1, 0.15) is 37.6 Å². The van der Waals surface area contributed by atoms with Gasteiger partial charge in [-0.3, -0.25) is 4.98 Å². The third-order valence-electron chi connectivity index (χ3n) is 5.67. The fourth-order valence-corrected chi connectivity index (χ4v) is 4.13. The Hall–Kier alpha value is -3.67. The van der Waals surface area contributed by atoms with E-state index in [9.17, 15) is 0 Å². The average Bonchev–Trinajstić information content (AvgIpc) is 3.15. The molecule has 0 fully saturated rings. The molecule has 6 heteroatoms. The summed E-state index contributed by atoms with van der Waals surface area (Å²) < 4.78 is 6.27. The predicted molar refractivity (Wildman–Crippen MR) is 121 cm³/mol. The highest BCUT2D eigenvalue weighted by atomic mass is 16.5. The molecule has 0 saturated heterocycles. The monoisotopic (exact) mass is 411 g/mol. The minimum Gasteiger partial charge on any atom is -0.455 e. The van der Waals surface area contributed by atoms with E-state index in [1.165, 1.54) is 6.33 Å². The van der Waals surface area contributed by atoms with Gasteiger partial charge in [0.15, 0.2) is 0 Å². The zero-order valence-electron chi connectivity index (χ0n) is 17.9. The summed E-state index contributed by atoms with van der Waals surface area (Å²) >= 11 is 0. The highest BCUT2D eigenvalue weighted by molar-refractivity contribution is 5.70. The van der Waals surface area contributed by atoms with E-state index < -0.39 is 5.41 Å². The van der Waals surface area contributed by atoms with Crippen LogP contribution in [-0.4, -0.2) is 21.5 Å². The number of nitrogens with zero attached hydrogens (tertiary/aromatic N) is 3. The molecule has 0 unspecified atom stereocenters. The quantitative estimate of drug-likeness (QED) is 0.650. The number of allylic oxidation sites excluding steroid dienone is 1. The summed E-state index contributed by atoms with van der Waals surface area (Å²) in [4.78, 5) is 12.9. The van der Waals surface area contributed by atoms with Gasteiger partial charge in [-0.15, -0.1) is 0 Å². The van der Waals surface area contributed by atoms with Crippen LogP contribution in [0.4, 0.5) is 0 Å². The molecule has 2 aliphatic heterocycles. The lowest BCUT2D eigenvalue weighted by Gasteiger charge is -2.35. The summed E-state index contributed by atoms with van der Waals surface area (Å²) in [7, 11) is 0. The molecule has 3 N–H and O–H groups in total. The van der Waals surface area contributed by atoms with Crippen molar-refractivity contribution in [2.75, 3.05) is 6.54 Å². The molecule has 6 nitrogen and oxygen atoms in total. The Morgan fingerprint density at radius 1 is 1.03 bits per heavy atom. The Kier molecular flexibility index (Phi) is 4.32. The molecule has 31 heavy (non-hydrogen) atoms. The zero-order valence-corrected chi connectivity index (χ0v) is 17.9. The van der Waals surface area contributed by atoms with E-state index >= 15 is 0 Å². The lowest BCUT2D eigenvalue weighted by molar-refractivity contribution is 0.422. The first-order valence-corrected chi connectivity index (χ1v) is 10.3. The number of hydrogen-bond donors (Lipinski definition) is 2. The van der Waals surface area contributed by atoms with Crippen LogP contribution in [-0.2, 0) is 5.41 Å². The van der Waals surface area contributed by atoms with Gasteiger partial charge in [0.05, 0.1) is 23.1 Å². The molecule has 1 spiro atoms. The second kappa shape index (κ2) is 6.94. The van der Waals surface area contributed by atoms with Crippen molar-refractivity contribution in [3.8, 4) is 22.6 Å². The number of hydrogen-bond acceptors (Lipinski definition) is 6. The molecule has 3 aromatic rings. The highest BCUT2D eigenvalue weighted by Gasteiger charge is 2.44. The SMILES string of the molecule is CC(C)(C)/C=C/c1cc2c(cn1)Oc1ccc(-c3cncnc3)cc1[C@@]21C=C(N)NC1. The Bertz CT molecular complexity index is 1210. The van der Waals surface area contributed by atoms with Crippen LogP contribution in [0, 0.1) is 5.41 Å². The topological polar surface area (TPSA) is 86.0 Å². The predicted octanol–water partition coefficient (Wildman–Crippen LogP) is 4.39. The molecule has 156 valence electrons. The Labute approximate surface area is 181 Å². The van der Waals surface area contributed by atoms with Gasteiger partial charge in [-0.1, -0.05) is 32.9 Å². The van der Waals surface area contributed by atoms with E-state index in [0.29, 0.717) is 12.4 Å². The molecular weight excluding hydrogens is 386 g/mol. The van der Waals surface area contributed by atoms with Crippen molar-refractivity contribution in [1.82, 2.24) is 20.3 Å². The normalized spacial score (nSPS) is 19.5. The summed E-state index contributed by atoms with van der Waals surface area (Å²) in [5.41, 5.74) is 10.9. The maximum Gasteiger partial charge on any atom is 0.150 e. The van der Waals surface area contributed by atoms with E-state index in [4.69, 9.17) is 10.5 Å². The minimum atomic E-state index is -0.439. The van der Waals surface area contributed by atoms with Gasteiger partial charge in [0.25, 0.3) is 0 Å². The minimum absolute atomic E-state index is 0.0737. The molecule has 0 bridgehead atoms. The fourth-order valence-electron chi connectivity index (χ4n) is 4.13. The molecule has 0 aliphatic carbocycles. The molecule has 0 saturated carbocycles. The molecule has 0 radical (unpaired) electrons. The van der Waals surface area contributed by atoms with Crippen LogP contribution < -0.4 is 15.8 Å². The van der Waals surface area contributed by atoms with Crippen molar-refractivity contribution >= 4 is 6.08 Å². The van der Waals surface area contributed by atoms with Gasteiger partial charge in [0, 0.05) is 35.6 Å². The van der Waals surface area contributed by atoms with Crippen molar-refractivity contribution < 1.29 is 4.74 Å². The first-order chi connectivity index (χ1) is 14.8. The van der Waals surface area contributed by atoms with Crippen LogP contribution in [0.3, 0.4) is 0 Å². The number of aromatic nitrogens is 3. The standard InChI is InChI=1S/C25H25N5O/c1-24(2,3)7-6-18-9-20-22(13-29-18)31-21-5-4-16(17-11-27-15-28-12-17)8-19(21)25(20)10-23(26)30-14-25/h4-13,15,30H,14,26H2,1-3H3/b7-6+/t25-/m0/s1. The number of nitrogens with two attached hydrogens (primary N) is 1. The summed E-state index contributed by atoms with van der Waals surface area (Å²) in [6.07, 6.45) is 13.3. The maximum atomic E-state index is 6.27. The molecule has 1 atom stereocenters. The van der Waals surface area contributed by atoms with Crippen molar-refractivity contribution in [1.29, 1.82) is 0 Å². The van der Waals surface area contributed by atoms with E-state index in [2.05, 4.69) is 71.4 Å². The third kappa shape index (κ3) is 3.44. The van der Waals surface area contributed by atoms with Gasteiger partial charge in [-0.2, -0.15) is 0 Å². The number of benzene rings is 1. The van der Waals surface area contributed by atoms with Crippen molar-refractivity contribution in [3.05, 3.63) is 84.0 Å². The van der Waals surface area contributed by atoms with E-state index in [0.717, 1.165) is 39.4 Å². The van der Waals surface area contributed by atoms with Gasteiger partial charge < -0.3 is 15.8 Å². The smallest absolute Gasteiger partial charge is 0.150 e. The maximum absolute atomic E-state index is 6.27. The molecular formula is C25H25N5O. The van der Waals surface area contributed by atoms with E-state index in [1.54, 1.807) is 0 Å². The van der Waals surface area contributed by atoms with Crippen LogP contribution >= 0.6 is 0 Å². The van der Waals surface area contributed by atoms with Gasteiger partial charge in [-0.25, -0.2) is 9.97 Å². The molecule has 1 aromatic carbocycles. The lowest BCUT2D eigenvalue weighted by Crippen LogP contribution is -2.34. The van der Waals surface area contributed by atoms with Crippen LogP contribution in [0.15, 0.2) is 67.2 Å². The van der Waals surface area contributed by atoms with Crippen molar-refractivity contribution in [3.63, 3.8) is 0 Å². The first kappa shape index (κ1) is 19.3. The fraction of sp³-hybridized carbons (Fsp3) is 0.240. The summed E-state index contributed by atoms with van der Waals surface area (Å²) in [6, 6.07) is 8.28. The van der Waals surface area contributed by atoms with Gasteiger partial charge >= 0.3 is 0 Å². The largest absolute Gasteiger partial charge is 0.455 e. The number of nitrogens with one attached hydrogen (secondary N) is 1. The second-order valence-electron chi connectivity index (χ2n) is 9.17. The number of rotatable bonds is 2. The van der Waals surface area contributed by atoms with Crippen molar-refractivity contribution in [2.24, 2.45) is 11.1 Å². The molecule has 0 amide bonds. The highest BCUT2D eigenvalue weighted by Crippen LogP contribution is 2.51. The van der Waals surface area contributed by atoms with Gasteiger partial charge in [-0.05, 0) is 41.3 Å². The van der Waals surface area contributed by atoms with Crippen LogP contribution in [0.2, 0.25) is 0 Å².